The van der Waals surface area contributed by atoms with Gasteiger partial charge in [-0.25, -0.2) is 4.79 Å². The third kappa shape index (κ3) is 3.64. The lowest BCUT2D eigenvalue weighted by Crippen LogP contribution is -2.34. The fourth-order valence-corrected chi connectivity index (χ4v) is 1.33. The molecule has 0 saturated carbocycles. The number of esters is 1. The third-order valence-corrected chi connectivity index (χ3v) is 2.54. The van der Waals surface area contributed by atoms with Crippen molar-refractivity contribution in [1.82, 2.24) is 5.32 Å². The molecule has 1 aliphatic heterocycles. The smallest absolute Gasteiger partial charge is 0.339 e. The fraction of sp³-hybridized carbons (Fsp3) is 0.727. The minimum Gasteiger partial charge on any atom is -0.467 e. The normalized spacial score (nSPS) is 26.6. The van der Waals surface area contributed by atoms with Gasteiger partial charge in [0, 0.05) is 12.6 Å². The van der Waals surface area contributed by atoms with Gasteiger partial charge in [-0.2, -0.15) is 0 Å². The lowest BCUT2D eigenvalue weighted by atomic mass is 10.2. The summed E-state index contributed by atoms with van der Waals surface area (Å²) in [6, 6.07) is 0.471. The maximum Gasteiger partial charge on any atom is 0.339 e. The van der Waals surface area contributed by atoms with Crippen LogP contribution < -0.4 is 5.32 Å². The average molecular weight is 213 g/mol. The lowest BCUT2D eigenvalue weighted by Gasteiger charge is -2.16. The molecule has 0 aromatic rings. The molecule has 15 heavy (non-hydrogen) atoms. The number of ether oxygens (including phenoxy) is 2. The maximum absolute atomic E-state index is 11.1. The van der Waals surface area contributed by atoms with E-state index >= 15 is 0 Å². The number of rotatable bonds is 5. The summed E-state index contributed by atoms with van der Waals surface area (Å²) in [6.45, 7) is 4.98. The van der Waals surface area contributed by atoms with Gasteiger partial charge in [-0.3, -0.25) is 0 Å². The van der Waals surface area contributed by atoms with Crippen LogP contribution in [0.2, 0.25) is 0 Å². The number of hydrogen-bond acceptors (Lipinski definition) is 4. The van der Waals surface area contributed by atoms with Crippen molar-refractivity contribution in [2.75, 3.05) is 13.7 Å². The van der Waals surface area contributed by atoms with Crippen molar-refractivity contribution >= 4 is 5.97 Å². The molecule has 0 spiro atoms. The molecular formula is C11H19NO3. The van der Waals surface area contributed by atoms with Crippen LogP contribution in [0.3, 0.4) is 0 Å². The maximum atomic E-state index is 11.1. The molecule has 0 aromatic carbocycles. The van der Waals surface area contributed by atoms with E-state index in [1.807, 2.05) is 6.08 Å². The molecule has 4 nitrogen and oxygen atoms in total. The van der Waals surface area contributed by atoms with Crippen LogP contribution in [0.15, 0.2) is 12.2 Å². The Morgan fingerprint density at radius 2 is 2.33 bits per heavy atom. The van der Waals surface area contributed by atoms with E-state index in [1.165, 1.54) is 7.11 Å². The Balaban J connectivity index is 2.26. The summed E-state index contributed by atoms with van der Waals surface area (Å²) in [4.78, 5) is 11.1. The Morgan fingerprint density at radius 3 is 2.93 bits per heavy atom. The molecule has 4 heteroatoms. The van der Waals surface area contributed by atoms with Crippen LogP contribution in [0.4, 0.5) is 0 Å². The van der Waals surface area contributed by atoms with Crippen molar-refractivity contribution in [3.63, 3.8) is 0 Å². The zero-order chi connectivity index (χ0) is 11.3. The number of hydrogen-bond donors (Lipinski definition) is 1. The topological polar surface area (TPSA) is 47.6 Å². The molecule has 0 saturated heterocycles. The first-order chi connectivity index (χ1) is 7.17. The van der Waals surface area contributed by atoms with Crippen molar-refractivity contribution in [2.45, 2.75) is 38.5 Å². The van der Waals surface area contributed by atoms with Gasteiger partial charge >= 0.3 is 5.97 Å². The fourth-order valence-electron chi connectivity index (χ4n) is 1.33. The average Bonchev–Trinajstić information content (AvgIpc) is 2.73. The Kier molecular flexibility index (Phi) is 4.78. The molecule has 3 unspecified atom stereocenters. The quantitative estimate of drug-likeness (QED) is 0.544. The number of carbonyl (C=O) groups is 1. The van der Waals surface area contributed by atoms with E-state index in [9.17, 15) is 4.79 Å². The molecule has 1 N–H and O–H groups in total. The monoisotopic (exact) mass is 213 g/mol. The second kappa shape index (κ2) is 5.88. The summed E-state index contributed by atoms with van der Waals surface area (Å²) in [6.07, 6.45) is 4.17. The minimum atomic E-state index is -0.529. The van der Waals surface area contributed by atoms with E-state index in [1.54, 1.807) is 6.08 Å². The summed E-state index contributed by atoms with van der Waals surface area (Å²) in [5.41, 5.74) is 0. The zero-order valence-electron chi connectivity index (χ0n) is 9.53. The van der Waals surface area contributed by atoms with Crippen molar-refractivity contribution in [1.29, 1.82) is 0 Å². The predicted octanol–water partition coefficient (Wildman–Crippen LogP) is 0.871. The third-order valence-electron chi connectivity index (χ3n) is 2.54. The Bertz CT molecular complexity index is 240. The molecule has 1 aliphatic rings. The van der Waals surface area contributed by atoms with Crippen LogP contribution in [0, 0.1) is 0 Å². The molecule has 0 fully saturated rings. The van der Waals surface area contributed by atoms with Crippen LogP contribution in [0.1, 0.15) is 20.3 Å². The molecule has 0 aliphatic carbocycles. The lowest BCUT2D eigenvalue weighted by molar-refractivity contribution is -0.151. The summed E-state index contributed by atoms with van der Waals surface area (Å²) in [7, 11) is 1.37. The number of nitrogens with one attached hydrogen (secondary N) is 1. The second-order valence-corrected chi connectivity index (χ2v) is 3.72. The Hall–Kier alpha value is -0.870. The van der Waals surface area contributed by atoms with Crippen molar-refractivity contribution < 1.29 is 14.3 Å². The first-order valence-corrected chi connectivity index (χ1v) is 5.32. The summed E-state index contributed by atoms with van der Waals surface area (Å²) in [5.74, 6) is -0.336. The molecule has 0 amide bonds. The highest BCUT2D eigenvalue weighted by Gasteiger charge is 2.25. The molecule has 1 rings (SSSR count). The van der Waals surface area contributed by atoms with Crippen LogP contribution in [0.25, 0.3) is 0 Å². The number of methoxy groups -OCH3 is 1. The van der Waals surface area contributed by atoms with Gasteiger partial charge in [0.2, 0.25) is 0 Å². The van der Waals surface area contributed by atoms with Crippen molar-refractivity contribution in [2.24, 2.45) is 0 Å². The predicted molar refractivity (Wildman–Crippen MR) is 57.6 cm³/mol. The molecule has 0 bridgehead atoms. The minimum absolute atomic E-state index is 0.0249. The summed E-state index contributed by atoms with van der Waals surface area (Å²) in [5, 5.41) is 3.32. The van der Waals surface area contributed by atoms with Gasteiger partial charge in [0.1, 0.15) is 0 Å². The van der Waals surface area contributed by atoms with Gasteiger partial charge in [-0.15, -0.1) is 0 Å². The van der Waals surface area contributed by atoms with Crippen LogP contribution >= 0.6 is 0 Å². The highest BCUT2D eigenvalue weighted by molar-refractivity contribution is 5.77. The van der Waals surface area contributed by atoms with Gasteiger partial charge in [0.15, 0.2) is 6.10 Å². The van der Waals surface area contributed by atoms with Gasteiger partial charge < -0.3 is 14.8 Å². The summed E-state index contributed by atoms with van der Waals surface area (Å²) < 4.78 is 10.1. The largest absolute Gasteiger partial charge is 0.467 e. The van der Waals surface area contributed by atoms with E-state index in [2.05, 4.69) is 23.9 Å². The first-order valence-electron chi connectivity index (χ1n) is 5.32. The van der Waals surface area contributed by atoms with E-state index in [4.69, 9.17) is 4.74 Å². The van der Waals surface area contributed by atoms with Crippen LogP contribution in [0.5, 0.6) is 0 Å². The van der Waals surface area contributed by atoms with E-state index in [0.29, 0.717) is 6.04 Å². The van der Waals surface area contributed by atoms with Crippen molar-refractivity contribution in [3.05, 3.63) is 12.2 Å². The van der Waals surface area contributed by atoms with Crippen LogP contribution in [-0.4, -0.2) is 37.9 Å². The highest BCUT2D eigenvalue weighted by Crippen LogP contribution is 2.12. The second-order valence-electron chi connectivity index (χ2n) is 3.72. The molecule has 3 atom stereocenters. The molecule has 1 heterocycles. The van der Waals surface area contributed by atoms with Gasteiger partial charge in [0.05, 0.1) is 13.2 Å². The molecule has 0 radical (unpaired) electrons. The standard InChI is InChI=1S/C11H19NO3/c1-4-8(2)12-7-9-5-6-10(15-9)11(13)14-3/h5-6,8-10,12H,4,7H2,1-3H3. The molecule has 86 valence electrons. The van der Waals surface area contributed by atoms with E-state index in [0.717, 1.165) is 13.0 Å². The highest BCUT2D eigenvalue weighted by atomic mass is 16.6. The van der Waals surface area contributed by atoms with Crippen LogP contribution in [-0.2, 0) is 14.3 Å². The summed E-state index contributed by atoms with van der Waals surface area (Å²) >= 11 is 0. The van der Waals surface area contributed by atoms with Gasteiger partial charge in [0.25, 0.3) is 0 Å². The van der Waals surface area contributed by atoms with E-state index < -0.39 is 6.10 Å². The van der Waals surface area contributed by atoms with Gasteiger partial charge in [-0.05, 0) is 19.4 Å². The Morgan fingerprint density at radius 1 is 1.60 bits per heavy atom. The molecule has 0 aromatic heterocycles. The SMILES string of the molecule is CCC(C)NCC1C=CC(C(=O)OC)O1. The van der Waals surface area contributed by atoms with Crippen molar-refractivity contribution in [3.8, 4) is 0 Å². The van der Waals surface area contributed by atoms with Gasteiger partial charge in [-0.1, -0.05) is 13.0 Å². The molecular weight excluding hydrogens is 194 g/mol. The Labute approximate surface area is 90.6 Å². The number of carbonyl (C=O) groups excluding carboxylic acids is 1. The van der Waals surface area contributed by atoms with E-state index in [-0.39, 0.29) is 12.1 Å². The first kappa shape index (κ1) is 12.2. The zero-order valence-corrected chi connectivity index (χ0v) is 9.53.